The van der Waals surface area contributed by atoms with Gasteiger partial charge in [-0.3, -0.25) is 4.79 Å². The van der Waals surface area contributed by atoms with Crippen LogP contribution in [-0.2, 0) is 4.79 Å². The lowest BCUT2D eigenvalue weighted by Crippen LogP contribution is -2.24. The lowest BCUT2D eigenvalue weighted by molar-refractivity contribution is -0.123. The zero-order chi connectivity index (χ0) is 20.5. The number of hydrogen-bond acceptors (Lipinski definition) is 5. The Morgan fingerprint density at radius 2 is 1.83 bits per heavy atom. The van der Waals surface area contributed by atoms with E-state index in [9.17, 15) is 4.79 Å². The molecule has 0 atom stereocenters. The maximum Gasteiger partial charge on any atom is 0.277 e. The molecule has 3 rings (SSSR count). The number of methoxy groups -OCH3 is 1. The van der Waals surface area contributed by atoms with E-state index in [-0.39, 0.29) is 19.1 Å². The highest BCUT2D eigenvalue weighted by atomic mass is 16.5. The number of hydrogen-bond donors (Lipinski definition) is 1. The molecule has 0 radical (unpaired) electrons. The van der Waals surface area contributed by atoms with Gasteiger partial charge >= 0.3 is 0 Å². The van der Waals surface area contributed by atoms with Gasteiger partial charge in [0.2, 0.25) is 0 Å². The molecule has 0 unspecified atom stereocenters. The number of terminal acetylenes is 1. The van der Waals surface area contributed by atoms with E-state index in [1.54, 1.807) is 37.6 Å². The van der Waals surface area contributed by atoms with Crippen molar-refractivity contribution in [2.45, 2.75) is 0 Å². The Balaban J connectivity index is 1.66. The summed E-state index contributed by atoms with van der Waals surface area (Å²) >= 11 is 0. The molecule has 0 heterocycles. The molecule has 0 bridgehead atoms. The molecule has 6 nitrogen and oxygen atoms in total. The third kappa shape index (κ3) is 5.27. The Hall–Kier alpha value is -3.98. The first-order chi connectivity index (χ1) is 14.2. The predicted molar refractivity (Wildman–Crippen MR) is 113 cm³/mol. The van der Waals surface area contributed by atoms with Crippen LogP contribution < -0.4 is 19.6 Å². The van der Waals surface area contributed by atoms with E-state index in [1.807, 2.05) is 36.4 Å². The Bertz CT molecular complexity index is 1050. The van der Waals surface area contributed by atoms with Crippen LogP contribution in [0, 0.1) is 12.3 Å². The Morgan fingerprint density at radius 3 is 2.59 bits per heavy atom. The van der Waals surface area contributed by atoms with Crippen LogP contribution in [0.25, 0.3) is 10.8 Å². The standard InChI is InChI=1S/C23H20N2O4/c1-3-14-28-22-13-8-17-6-4-5-7-20(17)21(22)15-24-25-23(26)16-29-19-11-9-18(27-2)10-12-19/h1,4-13,15H,14,16H2,2H3,(H,25,26)/b24-15-. The number of nitrogens with zero attached hydrogens (tertiary/aromatic N) is 1. The summed E-state index contributed by atoms with van der Waals surface area (Å²) in [7, 11) is 1.58. The van der Waals surface area contributed by atoms with Gasteiger partial charge in [0.25, 0.3) is 5.91 Å². The number of benzene rings is 3. The zero-order valence-electron chi connectivity index (χ0n) is 15.9. The summed E-state index contributed by atoms with van der Waals surface area (Å²) in [6, 6.07) is 18.5. The summed E-state index contributed by atoms with van der Waals surface area (Å²) in [5, 5.41) is 6.01. The largest absolute Gasteiger partial charge is 0.497 e. The van der Waals surface area contributed by atoms with Crippen LogP contribution in [0.3, 0.4) is 0 Å². The quantitative estimate of drug-likeness (QED) is 0.365. The smallest absolute Gasteiger partial charge is 0.277 e. The molecule has 0 aliphatic rings. The second kappa shape index (κ2) is 9.81. The van der Waals surface area contributed by atoms with Gasteiger partial charge in [0.05, 0.1) is 13.3 Å². The molecule has 0 saturated heterocycles. The van der Waals surface area contributed by atoms with E-state index in [2.05, 4.69) is 16.4 Å². The second-order valence-corrected chi connectivity index (χ2v) is 5.95. The van der Waals surface area contributed by atoms with Crippen molar-refractivity contribution in [3.05, 3.63) is 66.2 Å². The van der Waals surface area contributed by atoms with E-state index < -0.39 is 0 Å². The molecule has 3 aromatic rings. The lowest BCUT2D eigenvalue weighted by Gasteiger charge is -2.10. The monoisotopic (exact) mass is 388 g/mol. The molecule has 6 heteroatoms. The zero-order valence-corrected chi connectivity index (χ0v) is 15.9. The molecule has 146 valence electrons. The molecule has 1 amide bonds. The number of ether oxygens (including phenoxy) is 3. The summed E-state index contributed by atoms with van der Waals surface area (Å²) in [5.41, 5.74) is 3.19. The van der Waals surface area contributed by atoms with Crippen LogP contribution in [0.4, 0.5) is 0 Å². The van der Waals surface area contributed by atoms with Crippen LogP contribution >= 0.6 is 0 Å². The molecular formula is C23H20N2O4. The van der Waals surface area contributed by atoms with Crippen molar-refractivity contribution in [3.8, 4) is 29.6 Å². The molecule has 0 fully saturated rings. The summed E-state index contributed by atoms with van der Waals surface area (Å²) in [5.74, 6) is 3.92. The fraction of sp³-hybridized carbons (Fsp3) is 0.130. The maximum atomic E-state index is 12.0. The van der Waals surface area contributed by atoms with Crippen LogP contribution in [-0.4, -0.2) is 32.4 Å². The molecule has 0 saturated carbocycles. The van der Waals surface area contributed by atoms with Crippen LogP contribution in [0.2, 0.25) is 0 Å². The first kappa shape index (κ1) is 19.8. The van der Waals surface area contributed by atoms with Gasteiger partial charge < -0.3 is 14.2 Å². The minimum absolute atomic E-state index is 0.140. The topological polar surface area (TPSA) is 69.2 Å². The number of rotatable bonds is 8. The summed E-state index contributed by atoms with van der Waals surface area (Å²) in [4.78, 5) is 12.0. The number of hydrazone groups is 1. The Kier molecular flexibility index (Phi) is 6.69. The third-order valence-corrected chi connectivity index (χ3v) is 4.05. The number of carbonyl (C=O) groups excluding carboxylic acids is 1. The number of carbonyl (C=O) groups is 1. The predicted octanol–water partition coefficient (Wildman–Crippen LogP) is 3.39. The van der Waals surface area contributed by atoms with Gasteiger partial charge in [0, 0.05) is 5.56 Å². The van der Waals surface area contributed by atoms with Crippen molar-refractivity contribution in [1.29, 1.82) is 0 Å². The highest BCUT2D eigenvalue weighted by molar-refractivity contribution is 6.02. The van der Waals surface area contributed by atoms with Gasteiger partial charge in [-0.25, -0.2) is 5.43 Å². The van der Waals surface area contributed by atoms with Gasteiger partial charge in [-0.05, 0) is 41.1 Å². The van der Waals surface area contributed by atoms with Crippen LogP contribution in [0.1, 0.15) is 5.56 Å². The minimum Gasteiger partial charge on any atom is -0.497 e. The molecule has 1 N–H and O–H groups in total. The van der Waals surface area contributed by atoms with E-state index in [4.69, 9.17) is 20.6 Å². The SMILES string of the molecule is C#CCOc1ccc2ccccc2c1/C=N\NC(=O)COc1ccc(OC)cc1. The van der Waals surface area contributed by atoms with Crippen molar-refractivity contribution in [1.82, 2.24) is 5.43 Å². The first-order valence-electron chi connectivity index (χ1n) is 8.88. The average Bonchev–Trinajstić information content (AvgIpc) is 2.77. The highest BCUT2D eigenvalue weighted by Crippen LogP contribution is 2.26. The molecular weight excluding hydrogens is 368 g/mol. The lowest BCUT2D eigenvalue weighted by atomic mass is 10.0. The Labute approximate surface area is 169 Å². The summed E-state index contributed by atoms with van der Waals surface area (Å²) in [6.45, 7) is -0.0269. The molecule has 0 aromatic heterocycles. The number of nitrogens with one attached hydrogen (secondary N) is 1. The normalized spacial score (nSPS) is 10.5. The molecule has 0 spiro atoms. The van der Waals surface area contributed by atoms with Crippen molar-refractivity contribution in [2.75, 3.05) is 20.3 Å². The number of amides is 1. The molecule has 0 aliphatic heterocycles. The summed E-state index contributed by atoms with van der Waals surface area (Å²) in [6.07, 6.45) is 6.83. The van der Waals surface area contributed by atoms with Crippen molar-refractivity contribution in [3.63, 3.8) is 0 Å². The van der Waals surface area contributed by atoms with E-state index >= 15 is 0 Å². The Morgan fingerprint density at radius 1 is 1.07 bits per heavy atom. The van der Waals surface area contributed by atoms with Crippen LogP contribution in [0.5, 0.6) is 17.2 Å². The van der Waals surface area contributed by atoms with E-state index in [1.165, 1.54) is 0 Å². The first-order valence-corrected chi connectivity index (χ1v) is 8.88. The molecule has 29 heavy (non-hydrogen) atoms. The molecule has 3 aromatic carbocycles. The average molecular weight is 388 g/mol. The van der Waals surface area contributed by atoms with E-state index in [0.29, 0.717) is 17.2 Å². The fourth-order valence-electron chi connectivity index (χ4n) is 2.68. The van der Waals surface area contributed by atoms with Gasteiger partial charge in [0.15, 0.2) is 6.61 Å². The van der Waals surface area contributed by atoms with Gasteiger partial charge in [-0.1, -0.05) is 36.3 Å². The second-order valence-electron chi connectivity index (χ2n) is 5.95. The van der Waals surface area contributed by atoms with Gasteiger partial charge in [0.1, 0.15) is 23.9 Å². The highest BCUT2D eigenvalue weighted by Gasteiger charge is 2.07. The van der Waals surface area contributed by atoms with Gasteiger partial charge in [-0.2, -0.15) is 5.10 Å². The van der Waals surface area contributed by atoms with Crippen molar-refractivity contribution in [2.24, 2.45) is 5.10 Å². The van der Waals surface area contributed by atoms with Crippen LogP contribution in [0.15, 0.2) is 65.8 Å². The summed E-state index contributed by atoms with van der Waals surface area (Å²) < 4.78 is 16.1. The van der Waals surface area contributed by atoms with Crippen molar-refractivity contribution < 1.29 is 19.0 Å². The van der Waals surface area contributed by atoms with E-state index in [0.717, 1.165) is 16.3 Å². The maximum absolute atomic E-state index is 12.0. The minimum atomic E-state index is -0.386. The molecule has 0 aliphatic carbocycles. The third-order valence-electron chi connectivity index (χ3n) is 4.05. The van der Waals surface area contributed by atoms with Crippen molar-refractivity contribution >= 4 is 22.9 Å². The fourth-order valence-corrected chi connectivity index (χ4v) is 2.68. The number of fused-ring (bicyclic) bond motifs is 1. The van der Waals surface area contributed by atoms with Gasteiger partial charge in [-0.15, -0.1) is 6.42 Å².